The van der Waals surface area contributed by atoms with Gasteiger partial charge in [-0.15, -0.1) is 4.58 Å². The van der Waals surface area contributed by atoms with Crippen LogP contribution in [0.4, 0.5) is 0 Å². The van der Waals surface area contributed by atoms with Crippen LogP contribution in [0.15, 0.2) is 0 Å². The normalized spacial score (nSPS) is 10.3. The molecule has 1 N–H and O–H groups in total. The molecule has 0 aliphatic rings. The molecule has 7 heavy (non-hydrogen) atoms. The fourth-order valence-electron chi connectivity index (χ4n) is 0.289. The number of hydroxylamine groups is 1. The fourth-order valence-corrected chi connectivity index (χ4v) is 0.408. The van der Waals surface area contributed by atoms with Gasteiger partial charge in [0.2, 0.25) is 0 Å². The van der Waals surface area contributed by atoms with Crippen LogP contribution in [0.3, 0.4) is 0 Å². The van der Waals surface area contributed by atoms with E-state index in [1.54, 1.807) is 0 Å². The van der Waals surface area contributed by atoms with E-state index in [9.17, 15) is 0 Å². The molecule has 0 rings (SSSR count). The van der Waals surface area contributed by atoms with Gasteiger partial charge in [-0.25, -0.2) is 0 Å². The van der Waals surface area contributed by atoms with Gasteiger partial charge >= 0.3 is 0 Å². The van der Waals surface area contributed by atoms with Crippen LogP contribution in [0.2, 0.25) is 0 Å². The van der Waals surface area contributed by atoms with E-state index in [2.05, 4.69) is 0 Å². The van der Waals surface area contributed by atoms with E-state index in [4.69, 9.17) is 17.0 Å². The summed E-state index contributed by atoms with van der Waals surface area (Å²) in [6, 6.07) is 0. The van der Waals surface area contributed by atoms with Crippen LogP contribution in [0.1, 0.15) is 19.8 Å². The molecule has 0 fully saturated rings. The Morgan fingerprint density at radius 3 is 2.43 bits per heavy atom. The van der Waals surface area contributed by atoms with Crippen LogP contribution in [0.5, 0.6) is 0 Å². The topological polar surface area (TPSA) is 23.5 Å². The van der Waals surface area contributed by atoms with Crippen molar-refractivity contribution in [1.82, 2.24) is 4.58 Å². The van der Waals surface area contributed by atoms with Crippen molar-refractivity contribution < 1.29 is 5.21 Å². The first-order chi connectivity index (χ1) is 3.27. The molecule has 3 heteroatoms. The van der Waals surface area contributed by atoms with Crippen molar-refractivity contribution in [3.63, 3.8) is 0 Å². The second kappa shape index (κ2) is 4.37. The first-order valence-corrected chi connectivity index (χ1v) is 2.73. The summed E-state index contributed by atoms with van der Waals surface area (Å²) in [5.41, 5.74) is 0. The molecular weight excluding hydrogens is 114 g/mol. The number of hydrogen-bond donors (Lipinski definition) is 1. The molecule has 0 spiro atoms. The third-order valence-corrected chi connectivity index (χ3v) is 0.865. The third-order valence-electron chi connectivity index (χ3n) is 0.696. The molecule has 44 valence electrons. The van der Waals surface area contributed by atoms with E-state index >= 15 is 0 Å². The lowest BCUT2D eigenvalue weighted by atomic mass is 10.3. The Kier molecular flexibility index (Phi) is 4.50. The van der Waals surface area contributed by atoms with Crippen molar-refractivity contribution in [2.75, 3.05) is 6.54 Å². The number of hydrogen-bond acceptors (Lipinski definition) is 2. The van der Waals surface area contributed by atoms with Crippen LogP contribution in [-0.2, 0) is 0 Å². The first kappa shape index (κ1) is 7.21. The van der Waals surface area contributed by atoms with Gasteiger partial charge in [-0.3, -0.25) is 5.21 Å². The molecule has 0 saturated carbocycles. The molecular formula is C4H10ClNO. The highest BCUT2D eigenvalue weighted by Gasteiger charge is 1.88. The summed E-state index contributed by atoms with van der Waals surface area (Å²) in [6.07, 6.45) is 2.00. The van der Waals surface area contributed by atoms with Gasteiger partial charge in [-0.2, -0.15) is 0 Å². The average Bonchev–Trinajstić information content (AvgIpc) is 1.61. The second-order valence-corrected chi connectivity index (χ2v) is 1.80. The highest BCUT2D eigenvalue weighted by Crippen LogP contribution is 1.91. The zero-order chi connectivity index (χ0) is 5.70. The zero-order valence-corrected chi connectivity index (χ0v) is 5.15. The van der Waals surface area contributed by atoms with Gasteiger partial charge in [-0.05, 0) is 6.42 Å². The van der Waals surface area contributed by atoms with Crippen LogP contribution in [0.25, 0.3) is 0 Å². The number of unbranched alkanes of at least 4 members (excludes halogenated alkanes) is 1. The van der Waals surface area contributed by atoms with Crippen molar-refractivity contribution in [2.24, 2.45) is 0 Å². The first-order valence-electron chi connectivity index (χ1n) is 2.39. The number of halogens is 1. The Morgan fingerprint density at radius 1 is 1.71 bits per heavy atom. The molecule has 0 unspecified atom stereocenters. The standard InChI is InChI=1S/C4H10ClNO/c1-2-3-4-6(5)7/h7H,2-4H2,1H3. The molecule has 0 heterocycles. The van der Waals surface area contributed by atoms with E-state index < -0.39 is 0 Å². The van der Waals surface area contributed by atoms with Crippen LogP contribution < -0.4 is 0 Å². The van der Waals surface area contributed by atoms with Crippen molar-refractivity contribution >= 4 is 11.8 Å². The Bertz CT molecular complexity index is 40.7. The van der Waals surface area contributed by atoms with Crippen molar-refractivity contribution in [3.05, 3.63) is 0 Å². The molecule has 0 aliphatic heterocycles. The lowest BCUT2D eigenvalue weighted by Crippen LogP contribution is -2.06. The quantitative estimate of drug-likeness (QED) is 0.456. The van der Waals surface area contributed by atoms with E-state index in [0.717, 1.165) is 12.8 Å². The largest absolute Gasteiger partial charge is 0.299 e. The van der Waals surface area contributed by atoms with Gasteiger partial charge in [0.1, 0.15) is 0 Å². The van der Waals surface area contributed by atoms with Crippen molar-refractivity contribution in [3.8, 4) is 0 Å². The average molecular weight is 124 g/mol. The predicted octanol–water partition coefficient (Wildman–Crippen LogP) is 1.63. The molecule has 0 radical (unpaired) electrons. The van der Waals surface area contributed by atoms with Crippen LogP contribution in [0, 0.1) is 0 Å². The summed E-state index contributed by atoms with van der Waals surface area (Å²) in [5.74, 6) is 0. The lowest BCUT2D eigenvalue weighted by Gasteiger charge is -2.00. The highest BCUT2D eigenvalue weighted by atomic mass is 35.5. The van der Waals surface area contributed by atoms with E-state index in [1.807, 2.05) is 6.92 Å². The summed E-state index contributed by atoms with van der Waals surface area (Å²) < 4.78 is 0.684. The minimum atomic E-state index is 0.554. The van der Waals surface area contributed by atoms with E-state index in [-0.39, 0.29) is 0 Å². The minimum absolute atomic E-state index is 0.554. The third kappa shape index (κ3) is 6.21. The summed E-state index contributed by atoms with van der Waals surface area (Å²) in [7, 11) is 0. The maximum atomic E-state index is 8.28. The van der Waals surface area contributed by atoms with Gasteiger partial charge in [-0.1, -0.05) is 13.3 Å². The smallest absolute Gasteiger partial charge is 0.0407 e. The number of rotatable bonds is 3. The molecule has 0 aliphatic carbocycles. The molecule has 0 bridgehead atoms. The fraction of sp³-hybridized carbons (Fsp3) is 1.00. The summed E-state index contributed by atoms with van der Waals surface area (Å²) in [5, 5.41) is 8.28. The van der Waals surface area contributed by atoms with Gasteiger partial charge < -0.3 is 0 Å². The van der Waals surface area contributed by atoms with Crippen molar-refractivity contribution in [2.45, 2.75) is 19.8 Å². The maximum Gasteiger partial charge on any atom is 0.0407 e. The number of nitrogens with zero attached hydrogens (tertiary/aromatic N) is 1. The lowest BCUT2D eigenvalue weighted by molar-refractivity contribution is 0.00482. The zero-order valence-electron chi connectivity index (χ0n) is 4.39. The van der Waals surface area contributed by atoms with Crippen LogP contribution in [-0.4, -0.2) is 16.3 Å². The Labute approximate surface area is 48.8 Å². The Hall–Kier alpha value is 0.210. The minimum Gasteiger partial charge on any atom is -0.299 e. The molecule has 0 amide bonds. The highest BCUT2D eigenvalue weighted by molar-refractivity contribution is 6.12. The summed E-state index contributed by atoms with van der Waals surface area (Å²) in [6.45, 7) is 2.60. The van der Waals surface area contributed by atoms with Gasteiger partial charge in [0, 0.05) is 18.3 Å². The molecule has 0 saturated heterocycles. The summed E-state index contributed by atoms with van der Waals surface area (Å²) >= 11 is 5.05. The molecule has 0 aromatic heterocycles. The molecule has 0 aromatic rings. The van der Waals surface area contributed by atoms with Crippen molar-refractivity contribution in [1.29, 1.82) is 0 Å². The van der Waals surface area contributed by atoms with Gasteiger partial charge in [0.05, 0.1) is 0 Å². The summed E-state index contributed by atoms with van der Waals surface area (Å²) in [4.78, 5) is 0. The van der Waals surface area contributed by atoms with Crippen LogP contribution >= 0.6 is 11.8 Å². The van der Waals surface area contributed by atoms with Gasteiger partial charge in [0.25, 0.3) is 0 Å². The van der Waals surface area contributed by atoms with Gasteiger partial charge in [0.15, 0.2) is 0 Å². The Morgan fingerprint density at radius 2 is 2.29 bits per heavy atom. The molecule has 0 atom stereocenters. The van der Waals surface area contributed by atoms with E-state index in [0.29, 0.717) is 11.1 Å². The molecule has 2 nitrogen and oxygen atoms in total. The second-order valence-electron chi connectivity index (χ2n) is 1.41. The Balaban J connectivity index is 2.68. The predicted molar refractivity (Wildman–Crippen MR) is 29.3 cm³/mol. The molecule has 0 aromatic carbocycles. The maximum absolute atomic E-state index is 8.28. The SMILES string of the molecule is CCCCN(O)Cl. The monoisotopic (exact) mass is 123 g/mol. The van der Waals surface area contributed by atoms with E-state index in [1.165, 1.54) is 0 Å².